The van der Waals surface area contributed by atoms with Gasteiger partial charge in [0.05, 0.1) is 53.3 Å². The number of nitrogens with one attached hydrogen (secondary N) is 2. The number of aromatic nitrogens is 6. The van der Waals surface area contributed by atoms with E-state index in [1.807, 2.05) is 36.1 Å². The number of fused-ring (bicyclic) bond motifs is 1. The van der Waals surface area contributed by atoms with Crippen LogP contribution in [-0.2, 0) is 15.7 Å². The number of rotatable bonds is 6. The van der Waals surface area contributed by atoms with Crippen LogP contribution in [0.1, 0.15) is 50.0 Å². The van der Waals surface area contributed by atoms with Gasteiger partial charge in [-0.15, -0.1) is 0 Å². The SMILES string of the molecule is Cc1nn(C2CCNCC2)c(C(F)(F)F)c1-c1cc(N2CCOC[C@H]2C)nc(-n2c(NC(=O)C3CC3)nc3ccccc32)n1. The Morgan fingerprint density at radius 1 is 1.09 bits per heavy atom. The van der Waals surface area contributed by atoms with E-state index < -0.39 is 11.9 Å². The molecular weight excluding hydrogens is 575 g/mol. The van der Waals surface area contributed by atoms with Crippen LogP contribution in [-0.4, -0.2) is 74.1 Å². The molecule has 232 valence electrons. The topological polar surface area (TPSA) is 115 Å². The lowest BCUT2D eigenvalue weighted by molar-refractivity contribution is -0.144. The van der Waals surface area contributed by atoms with Crippen molar-refractivity contribution in [3.63, 3.8) is 0 Å². The number of aryl methyl sites for hydroxylation is 1. The lowest BCUT2D eigenvalue weighted by atomic mass is 10.0. The molecule has 1 amide bonds. The maximum atomic E-state index is 14.9. The van der Waals surface area contributed by atoms with Crippen LogP contribution in [0.2, 0.25) is 0 Å². The van der Waals surface area contributed by atoms with Crippen LogP contribution in [0.3, 0.4) is 0 Å². The predicted molar refractivity (Wildman–Crippen MR) is 158 cm³/mol. The van der Waals surface area contributed by atoms with Crippen LogP contribution in [0, 0.1) is 12.8 Å². The second kappa shape index (κ2) is 11.1. The Morgan fingerprint density at radius 3 is 2.59 bits per heavy atom. The fourth-order valence-corrected chi connectivity index (χ4v) is 6.18. The summed E-state index contributed by atoms with van der Waals surface area (Å²) >= 11 is 0. The fraction of sp³-hybridized carbons (Fsp3) is 0.500. The molecule has 5 heterocycles. The Morgan fingerprint density at radius 2 is 1.86 bits per heavy atom. The first-order valence-corrected chi connectivity index (χ1v) is 15.1. The highest BCUT2D eigenvalue weighted by molar-refractivity contribution is 5.95. The molecule has 0 bridgehead atoms. The van der Waals surface area contributed by atoms with E-state index in [0.29, 0.717) is 62.5 Å². The summed E-state index contributed by atoms with van der Waals surface area (Å²) in [5, 5.41) is 10.6. The van der Waals surface area contributed by atoms with Gasteiger partial charge in [-0.25, -0.2) is 14.5 Å². The van der Waals surface area contributed by atoms with E-state index in [0.717, 1.165) is 17.5 Å². The molecule has 0 unspecified atom stereocenters. The van der Waals surface area contributed by atoms with E-state index in [1.54, 1.807) is 17.6 Å². The predicted octanol–water partition coefficient (Wildman–Crippen LogP) is 4.50. The van der Waals surface area contributed by atoms with Crippen molar-refractivity contribution in [2.75, 3.05) is 43.1 Å². The molecule has 2 saturated heterocycles. The average Bonchev–Trinajstić information content (AvgIpc) is 3.71. The fourth-order valence-electron chi connectivity index (χ4n) is 6.18. The number of anilines is 2. The number of hydrogen-bond donors (Lipinski definition) is 2. The third-order valence-corrected chi connectivity index (χ3v) is 8.57. The molecule has 3 aliphatic rings. The van der Waals surface area contributed by atoms with Gasteiger partial charge < -0.3 is 15.0 Å². The molecule has 7 rings (SSSR count). The van der Waals surface area contributed by atoms with Crippen LogP contribution in [0.5, 0.6) is 0 Å². The van der Waals surface area contributed by atoms with Crippen molar-refractivity contribution >= 4 is 28.7 Å². The molecule has 0 spiro atoms. The van der Waals surface area contributed by atoms with E-state index in [2.05, 4.69) is 20.7 Å². The molecule has 3 aromatic heterocycles. The number of piperidine rings is 1. The number of nitrogens with zero attached hydrogens (tertiary/aromatic N) is 7. The van der Waals surface area contributed by atoms with E-state index >= 15 is 0 Å². The largest absolute Gasteiger partial charge is 0.433 e. The standard InChI is InChI=1S/C30H34F3N9O2/c1-17-16-44-14-13-40(17)24-15-22(25-18(2)39-42(26(25)30(31,32)33)20-9-11-34-12-10-20)36-28(37-24)41-23-6-4-3-5-21(23)35-29(41)38-27(43)19-7-8-19/h3-6,15,17,19-20,34H,7-14,16H2,1-2H3,(H,35,38,43)/t17-/m1/s1. The highest BCUT2D eigenvalue weighted by atomic mass is 19.4. The minimum absolute atomic E-state index is 0.0742. The van der Waals surface area contributed by atoms with Crippen LogP contribution in [0.4, 0.5) is 24.9 Å². The second-order valence-corrected chi connectivity index (χ2v) is 11.8. The second-order valence-electron chi connectivity index (χ2n) is 11.8. The van der Waals surface area contributed by atoms with Crippen LogP contribution < -0.4 is 15.5 Å². The third-order valence-electron chi connectivity index (χ3n) is 8.57. The van der Waals surface area contributed by atoms with Gasteiger partial charge in [-0.2, -0.15) is 23.3 Å². The van der Waals surface area contributed by atoms with Gasteiger partial charge in [0.25, 0.3) is 0 Å². The smallest absolute Gasteiger partial charge is 0.377 e. The van der Waals surface area contributed by atoms with Crippen molar-refractivity contribution in [1.82, 2.24) is 34.6 Å². The van der Waals surface area contributed by atoms with Gasteiger partial charge in [0.2, 0.25) is 17.8 Å². The average molecular weight is 610 g/mol. The molecule has 3 fully saturated rings. The van der Waals surface area contributed by atoms with Crippen molar-refractivity contribution < 1.29 is 22.7 Å². The number of alkyl halides is 3. The van der Waals surface area contributed by atoms with Gasteiger partial charge >= 0.3 is 6.18 Å². The van der Waals surface area contributed by atoms with Gasteiger partial charge in [-0.3, -0.25) is 14.8 Å². The van der Waals surface area contributed by atoms with Crippen molar-refractivity contribution in [2.45, 2.75) is 57.8 Å². The normalized spacial score (nSPS) is 19.9. The summed E-state index contributed by atoms with van der Waals surface area (Å²) in [7, 11) is 0. The van der Waals surface area contributed by atoms with Crippen LogP contribution in [0.15, 0.2) is 30.3 Å². The molecule has 1 aliphatic carbocycles. The van der Waals surface area contributed by atoms with E-state index in [1.165, 1.54) is 0 Å². The molecule has 0 radical (unpaired) electrons. The number of ether oxygens (including phenoxy) is 1. The van der Waals surface area contributed by atoms with Crippen molar-refractivity contribution in [3.05, 3.63) is 41.7 Å². The zero-order chi connectivity index (χ0) is 30.6. The number of para-hydroxylation sites is 2. The maximum Gasteiger partial charge on any atom is 0.433 e. The van der Waals surface area contributed by atoms with E-state index in [4.69, 9.17) is 14.7 Å². The first kappa shape index (κ1) is 28.7. The van der Waals surface area contributed by atoms with Crippen LogP contribution >= 0.6 is 0 Å². The monoisotopic (exact) mass is 609 g/mol. The Balaban J connectivity index is 1.45. The summed E-state index contributed by atoms with van der Waals surface area (Å²) in [4.78, 5) is 29.2. The van der Waals surface area contributed by atoms with E-state index in [-0.39, 0.29) is 52.8 Å². The lowest BCUT2D eigenvalue weighted by Gasteiger charge is -2.34. The zero-order valence-corrected chi connectivity index (χ0v) is 24.6. The molecule has 14 heteroatoms. The number of halogens is 3. The Bertz CT molecular complexity index is 1710. The molecule has 44 heavy (non-hydrogen) atoms. The number of morpholine rings is 1. The third kappa shape index (κ3) is 5.30. The molecule has 4 aromatic rings. The Kier molecular flexibility index (Phi) is 7.28. The molecular formula is C30H34F3N9O2. The summed E-state index contributed by atoms with van der Waals surface area (Å²) in [6.45, 7) is 6.23. The summed E-state index contributed by atoms with van der Waals surface area (Å²) in [6.07, 6.45) is -1.99. The Hall–Kier alpha value is -4.04. The zero-order valence-electron chi connectivity index (χ0n) is 24.6. The lowest BCUT2D eigenvalue weighted by Crippen LogP contribution is -2.44. The summed E-state index contributed by atoms with van der Waals surface area (Å²) in [6, 6.07) is 8.44. The molecule has 1 saturated carbocycles. The van der Waals surface area contributed by atoms with Crippen molar-refractivity contribution in [1.29, 1.82) is 0 Å². The van der Waals surface area contributed by atoms with E-state index in [9.17, 15) is 18.0 Å². The number of amides is 1. The highest BCUT2D eigenvalue weighted by Crippen LogP contribution is 2.42. The van der Waals surface area contributed by atoms with Crippen molar-refractivity contribution in [2.24, 2.45) is 5.92 Å². The molecule has 2 N–H and O–H groups in total. The minimum Gasteiger partial charge on any atom is -0.377 e. The quantitative estimate of drug-likeness (QED) is 0.329. The summed E-state index contributed by atoms with van der Waals surface area (Å²) in [5.41, 5.74) is 0.667. The molecule has 1 atom stereocenters. The first-order valence-electron chi connectivity index (χ1n) is 15.1. The minimum atomic E-state index is -4.68. The van der Waals surface area contributed by atoms with Gasteiger partial charge in [0, 0.05) is 18.5 Å². The maximum absolute atomic E-state index is 14.9. The number of imidazole rings is 1. The molecule has 1 aromatic carbocycles. The number of hydrogen-bond acceptors (Lipinski definition) is 8. The summed E-state index contributed by atoms with van der Waals surface area (Å²) in [5.74, 6) is 0.550. The van der Waals surface area contributed by atoms with Gasteiger partial charge in [-0.05, 0) is 64.8 Å². The van der Waals surface area contributed by atoms with Gasteiger partial charge in [0.15, 0.2) is 5.69 Å². The number of carbonyl (C=O) groups excluding carboxylic acids is 1. The van der Waals surface area contributed by atoms with Gasteiger partial charge in [0.1, 0.15) is 5.82 Å². The Labute approximate surface area is 251 Å². The molecule has 2 aliphatic heterocycles. The number of carbonyl (C=O) groups is 1. The first-order chi connectivity index (χ1) is 21.2. The summed E-state index contributed by atoms with van der Waals surface area (Å²) < 4.78 is 53.2. The highest BCUT2D eigenvalue weighted by Gasteiger charge is 2.42. The van der Waals surface area contributed by atoms with Crippen LogP contribution in [0.25, 0.3) is 28.2 Å². The van der Waals surface area contributed by atoms with Crippen molar-refractivity contribution in [3.8, 4) is 17.2 Å². The molecule has 11 nitrogen and oxygen atoms in total. The number of benzene rings is 1. The van der Waals surface area contributed by atoms with Gasteiger partial charge in [-0.1, -0.05) is 12.1 Å².